The van der Waals surface area contributed by atoms with Gasteiger partial charge in [-0.2, -0.15) is 0 Å². The topological polar surface area (TPSA) is 82.8 Å². The first-order chi connectivity index (χ1) is 15.1. The third-order valence-electron chi connectivity index (χ3n) is 5.66. The van der Waals surface area contributed by atoms with Crippen molar-refractivity contribution in [1.29, 1.82) is 0 Å². The molecule has 0 amide bonds. The molecule has 1 aliphatic heterocycles. The van der Waals surface area contributed by atoms with Crippen molar-refractivity contribution >= 4 is 5.97 Å². The predicted octanol–water partition coefficient (Wildman–Crippen LogP) is 3.89. The lowest BCUT2D eigenvalue weighted by Gasteiger charge is -2.27. The van der Waals surface area contributed by atoms with E-state index < -0.39 is 0 Å². The summed E-state index contributed by atoms with van der Waals surface area (Å²) >= 11 is 0. The second kappa shape index (κ2) is 9.22. The van der Waals surface area contributed by atoms with Gasteiger partial charge in [-0.15, -0.1) is 0 Å². The SMILES string of the molecule is COC(=O)C1CCNCC1c1nc(-c2ccc(OC)cc2)c(-c2ccc(OC)cc2)o1. The number of aromatic nitrogens is 1. The number of hydrogen-bond acceptors (Lipinski definition) is 7. The fraction of sp³-hybridized carbons (Fsp3) is 0.333. The van der Waals surface area contributed by atoms with Crippen molar-refractivity contribution in [3.05, 3.63) is 54.4 Å². The lowest BCUT2D eigenvalue weighted by Crippen LogP contribution is -2.39. The zero-order valence-corrected chi connectivity index (χ0v) is 17.9. The van der Waals surface area contributed by atoms with E-state index in [-0.39, 0.29) is 17.8 Å². The number of piperidine rings is 1. The summed E-state index contributed by atoms with van der Waals surface area (Å²) in [6.07, 6.45) is 0.676. The smallest absolute Gasteiger partial charge is 0.309 e. The van der Waals surface area contributed by atoms with Crippen LogP contribution >= 0.6 is 0 Å². The lowest BCUT2D eigenvalue weighted by atomic mass is 9.86. The largest absolute Gasteiger partial charge is 0.497 e. The van der Waals surface area contributed by atoms with Gasteiger partial charge in [0, 0.05) is 17.7 Å². The number of rotatable bonds is 6. The van der Waals surface area contributed by atoms with Gasteiger partial charge in [0.1, 0.15) is 17.2 Å². The highest BCUT2D eigenvalue weighted by Crippen LogP contribution is 2.39. The van der Waals surface area contributed by atoms with Crippen molar-refractivity contribution in [2.45, 2.75) is 12.3 Å². The molecule has 0 spiro atoms. The molecule has 2 unspecified atom stereocenters. The number of oxazole rings is 1. The molecule has 31 heavy (non-hydrogen) atoms. The molecular formula is C24H26N2O5. The molecule has 1 aromatic heterocycles. The number of carbonyl (C=O) groups is 1. The van der Waals surface area contributed by atoms with Crippen molar-refractivity contribution in [2.24, 2.45) is 5.92 Å². The van der Waals surface area contributed by atoms with Gasteiger partial charge >= 0.3 is 5.97 Å². The third kappa shape index (κ3) is 4.27. The Balaban J connectivity index is 1.79. The van der Waals surface area contributed by atoms with Crippen LogP contribution in [0.2, 0.25) is 0 Å². The summed E-state index contributed by atoms with van der Waals surface area (Å²) in [6.45, 7) is 1.36. The number of nitrogens with one attached hydrogen (secondary N) is 1. The Labute approximate surface area is 181 Å². The van der Waals surface area contributed by atoms with Gasteiger partial charge < -0.3 is 23.9 Å². The van der Waals surface area contributed by atoms with Crippen LogP contribution in [0.4, 0.5) is 0 Å². The van der Waals surface area contributed by atoms with E-state index in [9.17, 15) is 4.79 Å². The maximum atomic E-state index is 12.4. The molecule has 1 N–H and O–H groups in total. The fourth-order valence-electron chi connectivity index (χ4n) is 3.93. The highest BCUT2D eigenvalue weighted by molar-refractivity contribution is 5.78. The van der Waals surface area contributed by atoms with E-state index in [1.807, 2.05) is 48.5 Å². The van der Waals surface area contributed by atoms with Crippen LogP contribution in [0.15, 0.2) is 52.9 Å². The lowest BCUT2D eigenvalue weighted by molar-refractivity contribution is -0.147. The highest BCUT2D eigenvalue weighted by Gasteiger charge is 2.37. The predicted molar refractivity (Wildman–Crippen MR) is 116 cm³/mol. The first-order valence-corrected chi connectivity index (χ1v) is 10.2. The van der Waals surface area contributed by atoms with E-state index in [1.54, 1.807) is 14.2 Å². The molecule has 162 valence electrons. The van der Waals surface area contributed by atoms with E-state index in [2.05, 4.69) is 5.32 Å². The van der Waals surface area contributed by atoms with Crippen molar-refractivity contribution in [1.82, 2.24) is 10.3 Å². The van der Waals surface area contributed by atoms with E-state index in [0.717, 1.165) is 34.9 Å². The summed E-state index contributed by atoms with van der Waals surface area (Å²) in [4.78, 5) is 17.2. The number of carbonyl (C=O) groups excluding carboxylic acids is 1. The van der Waals surface area contributed by atoms with Crippen LogP contribution in [0, 0.1) is 5.92 Å². The van der Waals surface area contributed by atoms with Crippen LogP contribution in [0.1, 0.15) is 18.2 Å². The Morgan fingerprint density at radius 3 is 2.16 bits per heavy atom. The molecule has 4 rings (SSSR count). The third-order valence-corrected chi connectivity index (χ3v) is 5.66. The second-order valence-corrected chi connectivity index (χ2v) is 7.42. The summed E-state index contributed by atoms with van der Waals surface area (Å²) < 4.78 is 21.9. The minimum absolute atomic E-state index is 0.204. The van der Waals surface area contributed by atoms with Crippen LogP contribution in [-0.2, 0) is 9.53 Å². The van der Waals surface area contributed by atoms with Gasteiger partial charge in [-0.05, 0) is 61.5 Å². The highest BCUT2D eigenvalue weighted by atomic mass is 16.5. The van der Waals surface area contributed by atoms with Crippen LogP contribution in [0.25, 0.3) is 22.6 Å². The fourth-order valence-corrected chi connectivity index (χ4v) is 3.93. The van der Waals surface area contributed by atoms with Crippen molar-refractivity contribution in [3.8, 4) is 34.1 Å². The number of ether oxygens (including phenoxy) is 3. The van der Waals surface area contributed by atoms with Gasteiger partial charge in [-0.1, -0.05) is 0 Å². The van der Waals surface area contributed by atoms with Gasteiger partial charge in [0.05, 0.1) is 33.2 Å². The Morgan fingerprint density at radius 2 is 1.58 bits per heavy atom. The van der Waals surface area contributed by atoms with Crippen molar-refractivity contribution in [3.63, 3.8) is 0 Å². The summed E-state index contributed by atoms with van der Waals surface area (Å²) in [7, 11) is 4.69. The molecule has 3 aromatic rings. The number of methoxy groups -OCH3 is 3. The first kappa shape index (κ1) is 20.9. The number of nitrogens with zero attached hydrogens (tertiary/aromatic N) is 1. The number of benzene rings is 2. The normalized spacial score (nSPS) is 18.4. The van der Waals surface area contributed by atoms with Gasteiger partial charge in [0.2, 0.25) is 5.89 Å². The zero-order valence-electron chi connectivity index (χ0n) is 17.9. The van der Waals surface area contributed by atoms with Gasteiger partial charge in [0.15, 0.2) is 5.76 Å². The van der Waals surface area contributed by atoms with E-state index in [4.69, 9.17) is 23.6 Å². The monoisotopic (exact) mass is 422 g/mol. The molecule has 0 aliphatic carbocycles. The molecule has 1 saturated heterocycles. The van der Waals surface area contributed by atoms with Crippen molar-refractivity contribution in [2.75, 3.05) is 34.4 Å². The van der Waals surface area contributed by atoms with Crippen molar-refractivity contribution < 1.29 is 23.4 Å². The minimum atomic E-state index is -0.294. The van der Waals surface area contributed by atoms with E-state index in [0.29, 0.717) is 24.6 Å². The number of hydrogen-bond donors (Lipinski definition) is 1. The molecule has 0 saturated carbocycles. The zero-order chi connectivity index (χ0) is 21.8. The summed E-state index contributed by atoms with van der Waals surface area (Å²) in [6, 6.07) is 15.3. The van der Waals surface area contributed by atoms with Gasteiger partial charge in [-0.3, -0.25) is 4.79 Å². The van der Waals surface area contributed by atoms with Gasteiger partial charge in [-0.25, -0.2) is 4.98 Å². The van der Waals surface area contributed by atoms with Crippen LogP contribution in [0.5, 0.6) is 11.5 Å². The van der Waals surface area contributed by atoms with Crippen LogP contribution < -0.4 is 14.8 Å². The van der Waals surface area contributed by atoms with E-state index in [1.165, 1.54) is 7.11 Å². The molecule has 7 nitrogen and oxygen atoms in total. The minimum Gasteiger partial charge on any atom is -0.497 e. The second-order valence-electron chi connectivity index (χ2n) is 7.42. The average Bonchev–Trinajstić information content (AvgIpc) is 3.29. The Morgan fingerprint density at radius 1 is 0.968 bits per heavy atom. The Bertz CT molecular complexity index is 962. The molecule has 1 aliphatic rings. The molecule has 0 bridgehead atoms. The van der Waals surface area contributed by atoms with Gasteiger partial charge in [0.25, 0.3) is 0 Å². The van der Waals surface area contributed by atoms with Crippen LogP contribution in [-0.4, -0.2) is 45.4 Å². The maximum absolute atomic E-state index is 12.4. The number of esters is 1. The summed E-state index contributed by atoms with van der Waals surface area (Å²) in [5.74, 6) is 1.97. The Hall–Kier alpha value is -3.32. The molecule has 7 heteroatoms. The summed E-state index contributed by atoms with van der Waals surface area (Å²) in [5, 5.41) is 3.34. The average molecular weight is 422 g/mol. The van der Waals surface area contributed by atoms with Crippen LogP contribution in [0.3, 0.4) is 0 Å². The molecule has 2 aromatic carbocycles. The first-order valence-electron chi connectivity index (χ1n) is 10.2. The Kier molecular flexibility index (Phi) is 6.23. The standard InChI is InChI=1S/C24H26N2O5/c1-28-17-8-4-15(5-9-17)21-22(16-6-10-18(29-2)11-7-16)31-23(26-21)20-14-25-13-12-19(20)24(27)30-3/h4-11,19-20,25H,12-14H2,1-3H3. The quantitative estimate of drug-likeness (QED) is 0.604. The molecule has 0 radical (unpaired) electrons. The molecule has 2 heterocycles. The summed E-state index contributed by atoms with van der Waals surface area (Å²) in [5.41, 5.74) is 2.50. The maximum Gasteiger partial charge on any atom is 0.309 e. The molecular weight excluding hydrogens is 396 g/mol. The molecule has 2 atom stereocenters. The molecule has 1 fully saturated rings. The van der Waals surface area contributed by atoms with E-state index >= 15 is 0 Å².